The fourth-order valence-electron chi connectivity index (χ4n) is 2.74. The number of benzene rings is 2. The number of guanidine groups is 1. The van der Waals surface area contributed by atoms with Crippen LogP contribution in [0.15, 0.2) is 54.6 Å². The lowest BCUT2D eigenvalue weighted by Crippen LogP contribution is -2.36. The van der Waals surface area contributed by atoms with E-state index in [0.717, 1.165) is 16.5 Å². The van der Waals surface area contributed by atoms with Crippen LogP contribution in [0.1, 0.15) is 5.56 Å². The third-order valence-electron chi connectivity index (χ3n) is 4.00. The highest BCUT2D eigenvalue weighted by Crippen LogP contribution is 2.31. The molecule has 0 radical (unpaired) electrons. The van der Waals surface area contributed by atoms with E-state index >= 15 is 0 Å². The number of rotatable bonds is 5. The van der Waals surface area contributed by atoms with Crippen LogP contribution in [0.25, 0.3) is 10.9 Å². The summed E-state index contributed by atoms with van der Waals surface area (Å²) in [5.74, 6) is 1.84. The lowest BCUT2D eigenvalue weighted by atomic mass is 10.1. The van der Waals surface area contributed by atoms with Crippen LogP contribution in [-0.2, 0) is 6.54 Å². The van der Waals surface area contributed by atoms with Gasteiger partial charge < -0.3 is 15.2 Å². The second-order valence-corrected chi connectivity index (χ2v) is 5.47. The molecule has 6 nitrogen and oxygen atoms in total. The molecule has 0 aliphatic carbocycles. The highest BCUT2D eigenvalue weighted by atomic mass is 16.5. The standard InChI is InChI=1S/C19H20N4O2/c1-24-16-8-5-9-17(25-2)14(16)12-23(19(20)21)18-11-10-13-6-3-4-7-15(13)22-18/h3-11H,12H2,1-2H3,(H3,20,21). The topological polar surface area (TPSA) is 84.5 Å². The molecule has 0 aliphatic heterocycles. The first-order chi connectivity index (χ1) is 12.1. The van der Waals surface area contributed by atoms with Crippen LogP contribution in [0.2, 0.25) is 0 Å². The molecule has 1 aromatic heterocycles. The van der Waals surface area contributed by atoms with Gasteiger partial charge in [0.15, 0.2) is 5.96 Å². The van der Waals surface area contributed by atoms with Gasteiger partial charge in [-0.3, -0.25) is 10.3 Å². The zero-order valence-electron chi connectivity index (χ0n) is 14.2. The second-order valence-electron chi connectivity index (χ2n) is 5.47. The predicted molar refractivity (Wildman–Crippen MR) is 99.4 cm³/mol. The highest BCUT2D eigenvalue weighted by molar-refractivity contribution is 5.93. The average Bonchev–Trinajstić information content (AvgIpc) is 2.65. The molecule has 6 heteroatoms. The van der Waals surface area contributed by atoms with E-state index in [4.69, 9.17) is 20.6 Å². The monoisotopic (exact) mass is 336 g/mol. The predicted octanol–water partition coefficient (Wildman–Crippen LogP) is 3.15. The zero-order valence-corrected chi connectivity index (χ0v) is 14.2. The number of pyridine rings is 1. The third kappa shape index (κ3) is 3.33. The summed E-state index contributed by atoms with van der Waals surface area (Å²) in [5, 5.41) is 9.02. The van der Waals surface area contributed by atoms with Gasteiger partial charge in [0.05, 0.1) is 31.8 Å². The van der Waals surface area contributed by atoms with Crippen LogP contribution in [0.4, 0.5) is 5.82 Å². The summed E-state index contributed by atoms with van der Waals surface area (Å²) in [5.41, 5.74) is 7.48. The van der Waals surface area contributed by atoms with Gasteiger partial charge in [0.2, 0.25) is 0 Å². The van der Waals surface area contributed by atoms with Gasteiger partial charge in [-0.25, -0.2) is 4.98 Å². The number of nitrogens with two attached hydrogens (primary N) is 1. The molecule has 0 amide bonds. The Hall–Kier alpha value is -3.28. The van der Waals surface area contributed by atoms with Gasteiger partial charge in [0.1, 0.15) is 17.3 Å². The van der Waals surface area contributed by atoms with Crippen molar-refractivity contribution >= 4 is 22.7 Å². The van der Waals surface area contributed by atoms with Crippen molar-refractivity contribution in [1.82, 2.24) is 4.98 Å². The lowest BCUT2D eigenvalue weighted by molar-refractivity contribution is 0.385. The number of methoxy groups -OCH3 is 2. The molecule has 0 saturated carbocycles. The first-order valence-electron chi connectivity index (χ1n) is 7.81. The molecule has 0 atom stereocenters. The van der Waals surface area contributed by atoms with Gasteiger partial charge in [0, 0.05) is 5.39 Å². The number of nitrogens with zero attached hydrogens (tertiary/aromatic N) is 2. The van der Waals surface area contributed by atoms with Crippen LogP contribution in [0.5, 0.6) is 11.5 Å². The minimum absolute atomic E-state index is 0.101. The smallest absolute Gasteiger partial charge is 0.194 e. The largest absolute Gasteiger partial charge is 0.496 e. The van der Waals surface area contributed by atoms with E-state index in [1.54, 1.807) is 19.1 Å². The van der Waals surface area contributed by atoms with Crippen molar-refractivity contribution in [3.05, 3.63) is 60.2 Å². The first-order valence-corrected chi connectivity index (χ1v) is 7.81. The molecule has 0 fully saturated rings. The first kappa shape index (κ1) is 16.6. The van der Waals surface area contributed by atoms with Gasteiger partial charge in [-0.2, -0.15) is 0 Å². The van der Waals surface area contributed by atoms with Crippen molar-refractivity contribution in [2.75, 3.05) is 19.1 Å². The maximum absolute atomic E-state index is 7.98. The molecule has 0 aliphatic rings. The third-order valence-corrected chi connectivity index (χ3v) is 4.00. The molecule has 1 heterocycles. The van der Waals surface area contributed by atoms with Crippen LogP contribution in [0.3, 0.4) is 0 Å². The summed E-state index contributed by atoms with van der Waals surface area (Å²) in [4.78, 5) is 6.25. The highest BCUT2D eigenvalue weighted by Gasteiger charge is 2.18. The van der Waals surface area contributed by atoms with Crippen molar-refractivity contribution in [2.24, 2.45) is 5.73 Å². The maximum Gasteiger partial charge on any atom is 0.194 e. The van der Waals surface area contributed by atoms with E-state index in [1.165, 1.54) is 0 Å². The minimum atomic E-state index is -0.101. The summed E-state index contributed by atoms with van der Waals surface area (Å²) in [6.45, 7) is 0.313. The lowest BCUT2D eigenvalue weighted by Gasteiger charge is -2.24. The molecule has 0 spiro atoms. The molecule has 3 rings (SSSR count). The Kier molecular flexibility index (Phi) is 4.70. The van der Waals surface area contributed by atoms with Crippen molar-refractivity contribution in [3.8, 4) is 11.5 Å². The normalized spacial score (nSPS) is 10.5. The van der Waals surface area contributed by atoms with E-state index in [9.17, 15) is 0 Å². The Morgan fingerprint density at radius 2 is 1.68 bits per heavy atom. The Balaban J connectivity index is 2.03. The van der Waals surface area contributed by atoms with E-state index in [1.807, 2.05) is 54.6 Å². The van der Waals surface area contributed by atoms with E-state index in [2.05, 4.69) is 4.98 Å². The molecular formula is C19H20N4O2. The zero-order chi connectivity index (χ0) is 17.8. The Bertz CT molecular complexity index is 889. The average molecular weight is 336 g/mol. The molecule has 128 valence electrons. The summed E-state index contributed by atoms with van der Waals surface area (Å²) in [7, 11) is 3.20. The number of anilines is 1. The summed E-state index contributed by atoms with van der Waals surface area (Å²) in [6.07, 6.45) is 0. The van der Waals surface area contributed by atoms with Crippen LogP contribution < -0.4 is 20.1 Å². The van der Waals surface area contributed by atoms with Gasteiger partial charge in [-0.1, -0.05) is 24.3 Å². The van der Waals surface area contributed by atoms with Gasteiger partial charge in [-0.05, 0) is 30.3 Å². The Morgan fingerprint density at radius 3 is 2.32 bits per heavy atom. The quantitative estimate of drug-likeness (QED) is 0.552. The molecule has 2 aromatic carbocycles. The Morgan fingerprint density at radius 1 is 1.00 bits per heavy atom. The van der Waals surface area contributed by atoms with E-state index in [-0.39, 0.29) is 5.96 Å². The number of ether oxygens (including phenoxy) is 2. The number of aromatic nitrogens is 1. The number of para-hydroxylation sites is 1. The van der Waals surface area contributed by atoms with Gasteiger partial charge >= 0.3 is 0 Å². The van der Waals surface area contributed by atoms with Crippen molar-refractivity contribution in [1.29, 1.82) is 5.41 Å². The van der Waals surface area contributed by atoms with E-state index < -0.39 is 0 Å². The summed E-state index contributed by atoms with van der Waals surface area (Å²) >= 11 is 0. The van der Waals surface area contributed by atoms with Crippen LogP contribution in [0, 0.1) is 5.41 Å². The number of nitrogens with one attached hydrogen (secondary N) is 1. The second kappa shape index (κ2) is 7.09. The fraction of sp³-hybridized carbons (Fsp3) is 0.158. The summed E-state index contributed by atoms with van der Waals surface area (Å²) < 4.78 is 10.9. The minimum Gasteiger partial charge on any atom is -0.496 e. The number of hydrogen-bond donors (Lipinski definition) is 2. The van der Waals surface area contributed by atoms with Gasteiger partial charge in [0.25, 0.3) is 0 Å². The number of hydrogen-bond acceptors (Lipinski definition) is 4. The number of fused-ring (bicyclic) bond motifs is 1. The fourth-order valence-corrected chi connectivity index (χ4v) is 2.74. The van der Waals surface area contributed by atoms with Crippen molar-refractivity contribution in [2.45, 2.75) is 6.54 Å². The van der Waals surface area contributed by atoms with Gasteiger partial charge in [-0.15, -0.1) is 0 Å². The Labute approximate surface area is 146 Å². The van der Waals surface area contributed by atoms with Crippen molar-refractivity contribution < 1.29 is 9.47 Å². The van der Waals surface area contributed by atoms with Crippen LogP contribution >= 0.6 is 0 Å². The molecule has 0 saturated heterocycles. The molecule has 3 aromatic rings. The van der Waals surface area contributed by atoms with Crippen LogP contribution in [-0.4, -0.2) is 25.2 Å². The molecule has 0 bridgehead atoms. The molecular weight excluding hydrogens is 316 g/mol. The SMILES string of the molecule is COc1cccc(OC)c1CN(C(=N)N)c1ccc2ccccc2n1. The molecule has 25 heavy (non-hydrogen) atoms. The summed E-state index contributed by atoms with van der Waals surface area (Å²) in [6, 6.07) is 17.2. The van der Waals surface area contributed by atoms with E-state index in [0.29, 0.717) is 23.9 Å². The molecule has 0 unspecified atom stereocenters. The van der Waals surface area contributed by atoms with Crippen molar-refractivity contribution in [3.63, 3.8) is 0 Å². The molecule has 3 N–H and O–H groups in total. The maximum atomic E-state index is 7.98.